The monoisotopic (exact) mass is 193 g/mol. The van der Waals surface area contributed by atoms with Crippen LogP contribution in [0, 0.1) is 0 Å². The van der Waals surface area contributed by atoms with Gasteiger partial charge in [-0.25, -0.2) is 0 Å². The molecule has 0 saturated heterocycles. The molecular formula is C11H15NS. The van der Waals surface area contributed by atoms with E-state index < -0.39 is 0 Å². The van der Waals surface area contributed by atoms with Gasteiger partial charge in [-0.1, -0.05) is 19.3 Å². The molecule has 2 heteroatoms. The van der Waals surface area contributed by atoms with Gasteiger partial charge in [0.15, 0.2) is 0 Å². The van der Waals surface area contributed by atoms with Gasteiger partial charge in [-0.15, -0.1) is 0 Å². The van der Waals surface area contributed by atoms with Crippen LogP contribution in [0.4, 0.5) is 0 Å². The van der Waals surface area contributed by atoms with Crippen LogP contribution in [0.1, 0.15) is 37.7 Å². The molecule has 13 heavy (non-hydrogen) atoms. The van der Waals surface area contributed by atoms with E-state index in [0.717, 1.165) is 0 Å². The Morgan fingerprint density at radius 1 is 1.31 bits per heavy atom. The average molecular weight is 193 g/mol. The number of hydrogen-bond donors (Lipinski definition) is 0. The Labute approximate surface area is 83.5 Å². The zero-order chi connectivity index (χ0) is 8.93. The molecule has 1 aromatic heterocycles. The first kappa shape index (κ1) is 8.95. The van der Waals surface area contributed by atoms with E-state index in [9.17, 15) is 0 Å². The third kappa shape index (κ3) is 2.66. The normalized spacial score (nSPS) is 19.7. The SMILES string of the molecule is C(=NC1CCCCC1)c1ccsc1. The maximum absolute atomic E-state index is 4.61. The maximum atomic E-state index is 4.61. The highest BCUT2D eigenvalue weighted by Gasteiger charge is 2.10. The molecule has 0 amide bonds. The highest BCUT2D eigenvalue weighted by atomic mass is 32.1. The maximum Gasteiger partial charge on any atom is 0.0499 e. The minimum atomic E-state index is 0.605. The van der Waals surface area contributed by atoms with Crippen molar-refractivity contribution in [2.75, 3.05) is 0 Å². The van der Waals surface area contributed by atoms with Gasteiger partial charge in [0, 0.05) is 17.8 Å². The lowest BCUT2D eigenvalue weighted by Gasteiger charge is -2.16. The molecule has 1 aliphatic rings. The van der Waals surface area contributed by atoms with Crippen molar-refractivity contribution in [3.05, 3.63) is 22.4 Å². The zero-order valence-corrected chi connectivity index (χ0v) is 8.59. The van der Waals surface area contributed by atoms with Crippen molar-refractivity contribution in [3.8, 4) is 0 Å². The Bertz CT molecular complexity index is 258. The lowest BCUT2D eigenvalue weighted by atomic mass is 9.96. The number of aliphatic imine (C=N–C) groups is 1. The number of thiophene rings is 1. The molecule has 0 spiro atoms. The molecule has 0 N–H and O–H groups in total. The minimum absolute atomic E-state index is 0.605. The summed E-state index contributed by atoms with van der Waals surface area (Å²) in [5, 5.41) is 4.24. The van der Waals surface area contributed by atoms with Crippen LogP contribution in [-0.2, 0) is 0 Å². The van der Waals surface area contributed by atoms with Crippen LogP contribution in [0.2, 0.25) is 0 Å². The highest BCUT2D eigenvalue weighted by Crippen LogP contribution is 2.20. The minimum Gasteiger partial charge on any atom is -0.289 e. The third-order valence-corrected chi connectivity index (χ3v) is 3.25. The molecule has 70 valence electrons. The van der Waals surface area contributed by atoms with Crippen molar-refractivity contribution >= 4 is 17.6 Å². The fourth-order valence-corrected chi connectivity index (χ4v) is 2.38. The fourth-order valence-electron chi connectivity index (χ4n) is 1.77. The van der Waals surface area contributed by atoms with Crippen LogP contribution in [-0.4, -0.2) is 12.3 Å². The molecule has 0 atom stereocenters. The van der Waals surface area contributed by atoms with Crippen molar-refractivity contribution in [2.45, 2.75) is 38.1 Å². The second-order valence-corrected chi connectivity index (χ2v) is 4.41. The molecule has 0 unspecified atom stereocenters. The van der Waals surface area contributed by atoms with E-state index in [-0.39, 0.29) is 0 Å². The second kappa shape index (κ2) is 4.56. The smallest absolute Gasteiger partial charge is 0.0499 e. The van der Waals surface area contributed by atoms with Crippen LogP contribution < -0.4 is 0 Å². The molecule has 0 aromatic carbocycles. The molecule has 1 heterocycles. The summed E-state index contributed by atoms with van der Waals surface area (Å²) in [6, 6.07) is 2.73. The van der Waals surface area contributed by atoms with Gasteiger partial charge in [-0.05, 0) is 29.7 Å². The summed E-state index contributed by atoms with van der Waals surface area (Å²) >= 11 is 1.73. The Kier molecular flexibility index (Phi) is 3.14. The van der Waals surface area contributed by atoms with Crippen molar-refractivity contribution in [1.82, 2.24) is 0 Å². The molecule has 1 aliphatic carbocycles. The number of nitrogens with zero attached hydrogens (tertiary/aromatic N) is 1. The van der Waals surface area contributed by atoms with E-state index in [2.05, 4.69) is 21.8 Å². The molecule has 1 saturated carbocycles. The van der Waals surface area contributed by atoms with Crippen molar-refractivity contribution < 1.29 is 0 Å². The predicted molar refractivity (Wildman–Crippen MR) is 58.8 cm³/mol. The van der Waals surface area contributed by atoms with Crippen molar-refractivity contribution in [3.63, 3.8) is 0 Å². The standard InChI is InChI=1S/C11H15NS/c1-2-4-11(5-3-1)12-8-10-6-7-13-9-10/h6-9,11H,1-5H2. The summed E-state index contributed by atoms with van der Waals surface area (Å²) in [6.07, 6.45) is 8.76. The van der Waals surface area contributed by atoms with Gasteiger partial charge in [0.05, 0.1) is 0 Å². The van der Waals surface area contributed by atoms with E-state index in [1.54, 1.807) is 11.3 Å². The Hall–Kier alpha value is -0.630. The van der Waals surface area contributed by atoms with E-state index in [0.29, 0.717) is 6.04 Å². The summed E-state index contributed by atoms with van der Waals surface area (Å²) in [4.78, 5) is 4.61. The van der Waals surface area contributed by atoms with Crippen molar-refractivity contribution in [2.24, 2.45) is 4.99 Å². The topological polar surface area (TPSA) is 12.4 Å². The van der Waals surface area contributed by atoms with Gasteiger partial charge in [0.2, 0.25) is 0 Å². The molecule has 1 nitrogen and oxygen atoms in total. The lowest BCUT2D eigenvalue weighted by Crippen LogP contribution is -2.09. The first-order valence-corrected chi connectivity index (χ1v) is 5.95. The van der Waals surface area contributed by atoms with Crippen molar-refractivity contribution in [1.29, 1.82) is 0 Å². The summed E-state index contributed by atoms with van der Waals surface area (Å²) < 4.78 is 0. The summed E-state index contributed by atoms with van der Waals surface area (Å²) in [5.74, 6) is 0. The van der Waals surface area contributed by atoms with Gasteiger partial charge < -0.3 is 0 Å². The molecule has 0 bridgehead atoms. The first-order valence-electron chi connectivity index (χ1n) is 5.00. The molecular weight excluding hydrogens is 178 g/mol. The van der Waals surface area contributed by atoms with Crippen LogP contribution in [0.5, 0.6) is 0 Å². The quantitative estimate of drug-likeness (QED) is 0.637. The van der Waals surface area contributed by atoms with Crippen LogP contribution in [0.3, 0.4) is 0 Å². The zero-order valence-electron chi connectivity index (χ0n) is 7.78. The Morgan fingerprint density at radius 3 is 2.85 bits per heavy atom. The molecule has 0 aliphatic heterocycles. The predicted octanol–water partition coefficient (Wildman–Crippen LogP) is 3.50. The fraction of sp³-hybridized carbons (Fsp3) is 0.545. The van der Waals surface area contributed by atoms with Gasteiger partial charge in [0.1, 0.15) is 0 Å². The van der Waals surface area contributed by atoms with Gasteiger partial charge >= 0.3 is 0 Å². The van der Waals surface area contributed by atoms with Gasteiger partial charge in [-0.3, -0.25) is 4.99 Å². The number of hydrogen-bond acceptors (Lipinski definition) is 2. The summed E-state index contributed by atoms with van der Waals surface area (Å²) in [6.45, 7) is 0. The largest absolute Gasteiger partial charge is 0.289 e. The summed E-state index contributed by atoms with van der Waals surface area (Å²) in [7, 11) is 0. The van der Waals surface area contributed by atoms with E-state index in [1.807, 2.05) is 6.21 Å². The van der Waals surface area contributed by atoms with Gasteiger partial charge in [0.25, 0.3) is 0 Å². The number of rotatable bonds is 2. The third-order valence-electron chi connectivity index (χ3n) is 2.55. The van der Waals surface area contributed by atoms with Gasteiger partial charge in [-0.2, -0.15) is 11.3 Å². The molecule has 2 rings (SSSR count). The summed E-state index contributed by atoms with van der Waals surface area (Å²) in [5.41, 5.74) is 1.26. The van der Waals surface area contributed by atoms with Crippen LogP contribution >= 0.6 is 11.3 Å². The Morgan fingerprint density at radius 2 is 2.15 bits per heavy atom. The lowest BCUT2D eigenvalue weighted by molar-refractivity contribution is 0.444. The molecule has 1 fully saturated rings. The average Bonchev–Trinajstić information content (AvgIpc) is 2.69. The van der Waals surface area contributed by atoms with E-state index in [1.165, 1.54) is 37.7 Å². The molecule has 0 radical (unpaired) electrons. The Balaban J connectivity index is 1.89. The highest BCUT2D eigenvalue weighted by molar-refractivity contribution is 7.08. The second-order valence-electron chi connectivity index (χ2n) is 3.63. The van der Waals surface area contributed by atoms with E-state index in [4.69, 9.17) is 0 Å². The first-order chi connectivity index (χ1) is 6.45. The molecule has 1 aromatic rings. The van der Waals surface area contributed by atoms with E-state index >= 15 is 0 Å². The van der Waals surface area contributed by atoms with Crippen LogP contribution in [0.15, 0.2) is 21.8 Å². The van der Waals surface area contributed by atoms with Crippen LogP contribution in [0.25, 0.3) is 0 Å².